The van der Waals surface area contributed by atoms with Crippen LogP contribution in [-0.4, -0.2) is 29.6 Å². The molecule has 100 valence electrons. The minimum absolute atomic E-state index is 0.767. The van der Waals surface area contributed by atoms with Gasteiger partial charge in [-0.05, 0) is 50.3 Å². The summed E-state index contributed by atoms with van der Waals surface area (Å²) < 4.78 is 0. The van der Waals surface area contributed by atoms with Crippen LogP contribution in [0.5, 0.6) is 0 Å². The second-order valence-corrected chi connectivity index (χ2v) is 5.07. The third-order valence-corrected chi connectivity index (χ3v) is 3.54. The lowest BCUT2D eigenvalue weighted by Crippen LogP contribution is -2.28. The minimum atomic E-state index is 0.767. The Kier molecular flexibility index (Phi) is 5.39. The molecule has 0 spiro atoms. The molecule has 0 amide bonds. The second-order valence-electron chi connectivity index (χ2n) is 5.07. The zero-order valence-corrected chi connectivity index (χ0v) is 11.3. The molecule has 0 aromatic carbocycles. The lowest BCUT2D eigenvalue weighted by Gasteiger charge is -2.22. The van der Waals surface area contributed by atoms with Crippen molar-refractivity contribution in [3.8, 4) is 0 Å². The van der Waals surface area contributed by atoms with E-state index in [9.17, 15) is 0 Å². The molecule has 0 atom stereocenters. The highest BCUT2D eigenvalue weighted by molar-refractivity contribution is 5.24. The Balaban J connectivity index is 1.69. The van der Waals surface area contributed by atoms with Gasteiger partial charge in [-0.2, -0.15) is 0 Å². The first-order chi connectivity index (χ1) is 8.88. The van der Waals surface area contributed by atoms with Crippen molar-refractivity contribution in [2.45, 2.75) is 39.0 Å². The lowest BCUT2D eigenvalue weighted by molar-refractivity contribution is 0.361. The van der Waals surface area contributed by atoms with Crippen LogP contribution in [0.1, 0.15) is 38.2 Å². The number of piperidine rings is 1. The molecule has 0 radical (unpaired) electrons. The van der Waals surface area contributed by atoms with E-state index in [1.807, 2.05) is 12.4 Å². The molecule has 1 aromatic rings. The molecular weight excluding hydrogens is 224 g/mol. The highest BCUT2D eigenvalue weighted by Crippen LogP contribution is 2.15. The summed E-state index contributed by atoms with van der Waals surface area (Å²) in [5.41, 5.74) is 1.22. The first-order valence-electron chi connectivity index (χ1n) is 7.14. The second kappa shape index (κ2) is 7.31. The molecule has 18 heavy (non-hydrogen) atoms. The minimum Gasteiger partial charge on any atom is -0.354 e. The number of nitrogens with one attached hydrogen (secondary N) is 2. The molecule has 2 rings (SSSR count). The molecular formula is C14H24N4. The average molecular weight is 248 g/mol. The highest BCUT2D eigenvalue weighted by atomic mass is 15.1. The number of nitrogens with zero attached hydrogens (tertiary/aromatic N) is 2. The Morgan fingerprint density at radius 2 is 2.00 bits per heavy atom. The van der Waals surface area contributed by atoms with Crippen LogP contribution in [0.15, 0.2) is 12.4 Å². The third kappa shape index (κ3) is 4.26. The standard InChI is InChI=1S/C14H24N4/c1-2-3-13-10-17-14(18-11-13)16-9-6-12-4-7-15-8-5-12/h10-12,15H,2-9H2,1H3,(H,16,17,18). The van der Waals surface area contributed by atoms with Gasteiger partial charge in [0, 0.05) is 18.9 Å². The highest BCUT2D eigenvalue weighted by Gasteiger charge is 2.12. The smallest absolute Gasteiger partial charge is 0.222 e. The molecule has 1 saturated heterocycles. The predicted molar refractivity (Wildman–Crippen MR) is 74.7 cm³/mol. The fraction of sp³-hybridized carbons (Fsp3) is 0.714. The van der Waals surface area contributed by atoms with Crippen molar-refractivity contribution in [2.75, 3.05) is 25.0 Å². The van der Waals surface area contributed by atoms with E-state index in [-0.39, 0.29) is 0 Å². The van der Waals surface area contributed by atoms with Crippen LogP contribution in [0.4, 0.5) is 5.95 Å². The normalized spacial score (nSPS) is 16.7. The number of aryl methyl sites for hydroxylation is 1. The van der Waals surface area contributed by atoms with E-state index in [0.717, 1.165) is 31.3 Å². The molecule has 0 bridgehead atoms. The number of anilines is 1. The van der Waals surface area contributed by atoms with E-state index in [0.29, 0.717) is 0 Å². The molecule has 4 heteroatoms. The molecule has 1 aromatic heterocycles. The van der Waals surface area contributed by atoms with E-state index < -0.39 is 0 Å². The fourth-order valence-corrected chi connectivity index (χ4v) is 2.42. The van der Waals surface area contributed by atoms with Gasteiger partial charge in [-0.15, -0.1) is 0 Å². The average Bonchev–Trinajstić information content (AvgIpc) is 2.42. The predicted octanol–water partition coefficient (Wildman–Crippen LogP) is 2.23. The summed E-state index contributed by atoms with van der Waals surface area (Å²) in [6, 6.07) is 0. The molecule has 0 aliphatic carbocycles. The molecule has 1 aliphatic rings. The Morgan fingerprint density at radius 3 is 2.67 bits per heavy atom. The summed E-state index contributed by atoms with van der Waals surface area (Å²) in [6.07, 6.45) is 9.91. The summed E-state index contributed by atoms with van der Waals surface area (Å²) in [7, 11) is 0. The van der Waals surface area contributed by atoms with Crippen LogP contribution >= 0.6 is 0 Å². The Hall–Kier alpha value is -1.16. The lowest BCUT2D eigenvalue weighted by atomic mass is 9.95. The van der Waals surface area contributed by atoms with Gasteiger partial charge in [0.15, 0.2) is 0 Å². The molecule has 1 aliphatic heterocycles. The maximum atomic E-state index is 4.35. The van der Waals surface area contributed by atoms with Gasteiger partial charge in [-0.3, -0.25) is 0 Å². The van der Waals surface area contributed by atoms with E-state index >= 15 is 0 Å². The third-order valence-electron chi connectivity index (χ3n) is 3.54. The van der Waals surface area contributed by atoms with Gasteiger partial charge in [0.2, 0.25) is 5.95 Å². The van der Waals surface area contributed by atoms with E-state index in [4.69, 9.17) is 0 Å². The maximum absolute atomic E-state index is 4.35. The maximum Gasteiger partial charge on any atom is 0.222 e. The van der Waals surface area contributed by atoms with Gasteiger partial charge >= 0.3 is 0 Å². The molecule has 1 fully saturated rings. The van der Waals surface area contributed by atoms with Crippen LogP contribution in [0.2, 0.25) is 0 Å². The number of hydrogen-bond donors (Lipinski definition) is 2. The summed E-state index contributed by atoms with van der Waals surface area (Å²) >= 11 is 0. The summed E-state index contributed by atoms with van der Waals surface area (Å²) in [5.74, 6) is 1.63. The fourth-order valence-electron chi connectivity index (χ4n) is 2.42. The van der Waals surface area contributed by atoms with Gasteiger partial charge < -0.3 is 10.6 Å². The number of hydrogen-bond acceptors (Lipinski definition) is 4. The van der Waals surface area contributed by atoms with Gasteiger partial charge in [0.1, 0.15) is 0 Å². The number of rotatable bonds is 6. The molecule has 0 unspecified atom stereocenters. The Bertz CT molecular complexity index is 330. The quantitative estimate of drug-likeness (QED) is 0.810. The largest absolute Gasteiger partial charge is 0.354 e. The van der Waals surface area contributed by atoms with Crippen LogP contribution in [0.25, 0.3) is 0 Å². The Labute approximate surface area is 110 Å². The van der Waals surface area contributed by atoms with Crippen LogP contribution < -0.4 is 10.6 Å². The van der Waals surface area contributed by atoms with Crippen LogP contribution in [0, 0.1) is 5.92 Å². The van der Waals surface area contributed by atoms with Crippen molar-refractivity contribution in [1.29, 1.82) is 0 Å². The first kappa shape index (κ1) is 13.3. The van der Waals surface area contributed by atoms with Gasteiger partial charge in [0.25, 0.3) is 0 Å². The first-order valence-corrected chi connectivity index (χ1v) is 7.14. The number of aromatic nitrogens is 2. The summed E-state index contributed by atoms with van der Waals surface area (Å²) in [5, 5.41) is 6.71. The van der Waals surface area contributed by atoms with Crippen molar-refractivity contribution in [1.82, 2.24) is 15.3 Å². The molecule has 0 saturated carbocycles. The van der Waals surface area contributed by atoms with E-state index in [1.54, 1.807) is 0 Å². The van der Waals surface area contributed by atoms with Crippen molar-refractivity contribution in [3.63, 3.8) is 0 Å². The van der Waals surface area contributed by atoms with Crippen LogP contribution in [-0.2, 0) is 6.42 Å². The van der Waals surface area contributed by atoms with Crippen molar-refractivity contribution < 1.29 is 0 Å². The molecule has 2 N–H and O–H groups in total. The topological polar surface area (TPSA) is 49.8 Å². The van der Waals surface area contributed by atoms with Crippen molar-refractivity contribution in [3.05, 3.63) is 18.0 Å². The van der Waals surface area contributed by atoms with Crippen molar-refractivity contribution in [2.24, 2.45) is 5.92 Å². The van der Waals surface area contributed by atoms with Gasteiger partial charge in [-0.1, -0.05) is 13.3 Å². The molecule has 4 nitrogen and oxygen atoms in total. The summed E-state index contributed by atoms with van der Waals surface area (Å²) in [4.78, 5) is 8.69. The monoisotopic (exact) mass is 248 g/mol. The molecule has 2 heterocycles. The van der Waals surface area contributed by atoms with Crippen molar-refractivity contribution >= 4 is 5.95 Å². The SMILES string of the molecule is CCCc1cnc(NCCC2CCNCC2)nc1. The zero-order chi connectivity index (χ0) is 12.6. The van der Waals surface area contributed by atoms with Crippen LogP contribution in [0.3, 0.4) is 0 Å². The van der Waals surface area contributed by atoms with Gasteiger partial charge in [0.05, 0.1) is 0 Å². The Morgan fingerprint density at radius 1 is 1.28 bits per heavy atom. The van der Waals surface area contributed by atoms with Gasteiger partial charge in [-0.25, -0.2) is 9.97 Å². The zero-order valence-electron chi connectivity index (χ0n) is 11.3. The summed E-state index contributed by atoms with van der Waals surface area (Å²) in [6.45, 7) is 5.50. The van der Waals surface area contributed by atoms with E-state index in [1.165, 1.54) is 37.9 Å². The van der Waals surface area contributed by atoms with E-state index in [2.05, 4.69) is 27.5 Å².